The van der Waals surface area contributed by atoms with Gasteiger partial charge in [0.25, 0.3) is 0 Å². The lowest BCUT2D eigenvalue weighted by atomic mass is 9.95. The smallest absolute Gasteiger partial charge is 0.168 e. The molecular weight excluding hydrogens is 523 g/mol. The maximum atomic E-state index is 14.7. The maximum absolute atomic E-state index is 14.7. The molecule has 0 saturated carbocycles. The van der Waals surface area contributed by atoms with E-state index in [1.807, 2.05) is 18.5 Å². The third kappa shape index (κ3) is 5.98. The predicted molar refractivity (Wildman–Crippen MR) is 155 cm³/mol. The summed E-state index contributed by atoms with van der Waals surface area (Å²) in [6, 6.07) is 12.5. The zero-order chi connectivity index (χ0) is 28.2. The van der Waals surface area contributed by atoms with E-state index in [9.17, 15) is 9.50 Å². The minimum Gasteiger partial charge on any atom is -0.496 e. The molecule has 4 aromatic rings. The van der Waals surface area contributed by atoms with E-state index >= 15 is 0 Å². The van der Waals surface area contributed by atoms with E-state index in [2.05, 4.69) is 37.3 Å². The van der Waals surface area contributed by atoms with Crippen LogP contribution in [0, 0.1) is 5.82 Å². The second-order valence-electron chi connectivity index (χ2n) is 10.4. The average Bonchev–Trinajstić information content (AvgIpc) is 3.01. The molecule has 1 aromatic carbocycles. The van der Waals surface area contributed by atoms with Crippen molar-refractivity contribution in [3.8, 4) is 28.3 Å². The Morgan fingerprint density at radius 1 is 1.02 bits per heavy atom. The second-order valence-corrected chi connectivity index (χ2v) is 10.4. The van der Waals surface area contributed by atoms with Gasteiger partial charge in [0.1, 0.15) is 23.2 Å². The van der Waals surface area contributed by atoms with Crippen LogP contribution in [0.15, 0.2) is 61.1 Å². The fourth-order valence-corrected chi connectivity index (χ4v) is 5.54. The molecule has 0 spiro atoms. The SMILES string of the molecule is COc1cccc(F)c1-c1nccc(Nc2cc(N3CCC[C@H](O)C3)c(-c3ccc(C4CCOCC4)nc3)cn2)n1. The number of anilines is 3. The van der Waals surface area contributed by atoms with Gasteiger partial charge in [-0.2, -0.15) is 0 Å². The van der Waals surface area contributed by atoms with Gasteiger partial charge < -0.3 is 24.8 Å². The second kappa shape index (κ2) is 12.2. The van der Waals surface area contributed by atoms with Crippen LogP contribution >= 0.6 is 0 Å². The van der Waals surface area contributed by atoms with Crippen molar-refractivity contribution in [1.82, 2.24) is 19.9 Å². The summed E-state index contributed by atoms with van der Waals surface area (Å²) in [5.41, 5.74) is 4.14. The van der Waals surface area contributed by atoms with E-state index in [0.29, 0.717) is 29.8 Å². The monoisotopic (exact) mass is 556 g/mol. The highest BCUT2D eigenvalue weighted by Crippen LogP contribution is 2.36. The zero-order valence-electron chi connectivity index (χ0n) is 23.0. The van der Waals surface area contributed by atoms with Gasteiger partial charge in [-0.25, -0.2) is 19.3 Å². The molecule has 2 N–H and O–H groups in total. The molecule has 0 unspecified atom stereocenters. The van der Waals surface area contributed by atoms with Gasteiger partial charge in [0.15, 0.2) is 5.82 Å². The lowest BCUT2D eigenvalue weighted by Crippen LogP contribution is -2.38. The number of aliphatic hydroxyl groups excluding tert-OH is 1. The molecule has 2 aliphatic rings. The Balaban J connectivity index is 1.31. The molecule has 5 heterocycles. The number of benzene rings is 1. The molecule has 1 atom stereocenters. The first-order valence-electron chi connectivity index (χ1n) is 14.0. The van der Waals surface area contributed by atoms with Gasteiger partial charge in [-0.05, 0) is 49.9 Å². The minimum absolute atomic E-state index is 0.196. The molecular formula is C31H33FN6O3. The number of nitrogens with one attached hydrogen (secondary N) is 1. The summed E-state index contributed by atoms with van der Waals surface area (Å²) < 4.78 is 25.5. The van der Waals surface area contributed by atoms with Gasteiger partial charge >= 0.3 is 0 Å². The molecule has 10 heteroatoms. The predicted octanol–water partition coefficient (Wildman–Crippen LogP) is 5.35. The third-order valence-electron chi connectivity index (χ3n) is 7.69. The van der Waals surface area contributed by atoms with Crippen molar-refractivity contribution in [3.05, 3.63) is 72.6 Å². The van der Waals surface area contributed by atoms with Gasteiger partial charge in [-0.15, -0.1) is 0 Å². The summed E-state index contributed by atoms with van der Waals surface area (Å²) in [7, 11) is 1.49. The van der Waals surface area contributed by atoms with Crippen LogP contribution in [0.3, 0.4) is 0 Å². The molecule has 41 heavy (non-hydrogen) atoms. The Hall–Kier alpha value is -4.15. The summed E-state index contributed by atoms with van der Waals surface area (Å²) in [6.07, 6.45) is 8.56. The number of rotatable bonds is 7. The topological polar surface area (TPSA) is 106 Å². The third-order valence-corrected chi connectivity index (χ3v) is 7.69. The summed E-state index contributed by atoms with van der Waals surface area (Å²) in [6.45, 7) is 2.91. The lowest BCUT2D eigenvalue weighted by Gasteiger charge is -2.33. The van der Waals surface area contributed by atoms with Crippen LogP contribution in [-0.4, -0.2) is 64.6 Å². The maximum Gasteiger partial charge on any atom is 0.168 e. The number of ether oxygens (including phenoxy) is 2. The number of hydrogen-bond acceptors (Lipinski definition) is 9. The van der Waals surface area contributed by atoms with Crippen LogP contribution in [0.25, 0.3) is 22.5 Å². The molecule has 9 nitrogen and oxygen atoms in total. The van der Waals surface area contributed by atoms with Gasteiger partial charge in [0.05, 0.1) is 18.8 Å². The Bertz CT molecular complexity index is 1500. The van der Waals surface area contributed by atoms with E-state index < -0.39 is 11.9 Å². The zero-order valence-corrected chi connectivity index (χ0v) is 23.0. The van der Waals surface area contributed by atoms with E-state index in [1.54, 1.807) is 24.4 Å². The van der Waals surface area contributed by atoms with Gasteiger partial charge in [-0.1, -0.05) is 12.1 Å². The highest BCUT2D eigenvalue weighted by atomic mass is 19.1. The standard InChI is InChI=1S/C31H33FN6O3/c1-40-27-6-2-5-24(32)30(27)31-33-12-9-28(37-31)36-29-16-26(38-13-3-4-22(39)19-38)23(18-35-29)21-7-8-25(34-17-21)20-10-14-41-15-11-20/h2,5-9,12,16-18,20,22,39H,3-4,10-11,13-15,19H2,1H3,(H,33,35,36,37)/t22-/m0/s1. The molecule has 212 valence electrons. The quantitative estimate of drug-likeness (QED) is 0.312. The molecule has 6 rings (SSSR count). The van der Waals surface area contributed by atoms with Crippen molar-refractivity contribution in [2.75, 3.05) is 43.6 Å². The number of aliphatic hydroxyl groups is 1. The van der Waals surface area contributed by atoms with Crippen molar-refractivity contribution >= 4 is 17.3 Å². The van der Waals surface area contributed by atoms with Crippen molar-refractivity contribution in [3.63, 3.8) is 0 Å². The Labute approximate surface area is 238 Å². The van der Waals surface area contributed by atoms with Crippen molar-refractivity contribution < 1.29 is 19.0 Å². The fraction of sp³-hybridized carbons (Fsp3) is 0.355. The first kappa shape index (κ1) is 27.0. The number of aromatic nitrogens is 4. The Kier molecular flexibility index (Phi) is 8.02. The average molecular weight is 557 g/mol. The van der Waals surface area contributed by atoms with Crippen molar-refractivity contribution in [1.29, 1.82) is 0 Å². The van der Waals surface area contributed by atoms with Crippen LogP contribution in [0.4, 0.5) is 21.7 Å². The van der Waals surface area contributed by atoms with Gasteiger partial charge in [-0.3, -0.25) is 4.98 Å². The van der Waals surface area contributed by atoms with Crippen molar-refractivity contribution in [2.45, 2.75) is 37.7 Å². The summed E-state index contributed by atoms with van der Waals surface area (Å²) >= 11 is 0. The molecule has 2 saturated heterocycles. The molecule has 0 radical (unpaired) electrons. The Morgan fingerprint density at radius 2 is 1.90 bits per heavy atom. The number of β-amino-alcohol motifs (C(OH)–C–C–N with tert-alkyl or cyclic N) is 1. The van der Waals surface area contributed by atoms with Gasteiger partial charge in [0.2, 0.25) is 0 Å². The van der Waals surface area contributed by atoms with E-state index in [-0.39, 0.29) is 11.4 Å². The number of hydrogen-bond donors (Lipinski definition) is 2. The number of piperidine rings is 1. The van der Waals surface area contributed by atoms with E-state index in [1.165, 1.54) is 13.2 Å². The molecule has 2 fully saturated rings. The van der Waals surface area contributed by atoms with Crippen LogP contribution in [0.1, 0.15) is 37.3 Å². The largest absolute Gasteiger partial charge is 0.496 e. The number of pyridine rings is 2. The lowest BCUT2D eigenvalue weighted by molar-refractivity contribution is 0.0845. The molecule has 2 aliphatic heterocycles. The van der Waals surface area contributed by atoms with Crippen LogP contribution in [0.5, 0.6) is 5.75 Å². The fourth-order valence-electron chi connectivity index (χ4n) is 5.54. The van der Waals surface area contributed by atoms with Crippen molar-refractivity contribution in [2.24, 2.45) is 0 Å². The molecule has 0 aliphatic carbocycles. The first-order valence-corrected chi connectivity index (χ1v) is 14.0. The summed E-state index contributed by atoms with van der Waals surface area (Å²) in [5, 5.41) is 13.7. The van der Waals surface area contributed by atoms with E-state index in [4.69, 9.17) is 14.5 Å². The summed E-state index contributed by atoms with van der Waals surface area (Å²) in [4.78, 5) is 20.5. The molecule has 0 bridgehead atoms. The van der Waals surface area contributed by atoms with Crippen LogP contribution in [0.2, 0.25) is 0 Å². The minimum atomic E-state index is -0.466. The van der Waals surface area contributed by atoms with E-state index in [0.717, 1.165) is 68.0 Å². The number of halogens is 1. The van der Waals surface area contributed by atoms with Gasteiger partial charge in [0, 0.05) is 79.4 Å². The highest BCUT2D eigenvalue weighted by Gasteiger charge is 2.23. The summed E-state index contributed by atoms with van der Waals surface area (Å²) in [5.74, 6) is 1.55. The van der Waals surface area contributed by atoms with Crippen LogP contribution in [-0.2, 0) is 4.74 Å². The Morgan fingerprint density at radius 3 is 2.68 bits per heavy atom. The highest BCUT2D eigenvalue weighted by molar-refractivity contribution is 5.80. The number of nitrogens with zero attached hydrogens (tertiary/aromatic N) is 5. The normalized spacial score (nSPS) is 17.8. The molecule has 3 aromatic heterocycles. The molecule has 0 amide bonds. The number of methoxy groups -OCH3 is 1. The first-order chi connectivity index (χ1) is 20.1. The van der Waals surface area contributed by atoms with Crippen LogP contribution < -0.4 is 15.0 Å².